The van der Waals surface area contributed by atoms with E-state index in [9.17, 15) is 13.2 Å². The Morgan fingerprint density at radius 3 is 2.52 bits per heavy atom. The van der Waals surface area contributed by atoms with E-state index in [1.807, 2.05) is 31.2 Å². The van der Waals surface area contributed by atoms with Crippen LogP contribution in [-0.2, 0) is 16.6 Å². The fraction of sp³-hybridized carbons (Fsp3) is 0.250. The number of sulfonamides is 1. The molecule has 1 N–H and O–H groups in total. The second kappa shape index (κ2) is 8.44. The van der Waals surface area contributed by atoms with Gasteiger partial charge in [-0.15, -0.1) is 0 Å². The number of carbonyl (C=O) groups is 1. The van der Waals surface area contributed by atoms with Crippen LogP contribution in [0.5, 0.6) is 0 Å². The summed E-state index contributed by atoms with van der Waals surface area (Å²) in [5.41, 5.74) is 2.83. The molecule has 0 atom stereocenters. The first-order chi connectivity index (χ1) is 13.8. The minimum atomic E-state index is -3.37. The summed E-state index contributed by atoms with van der Waals surface area (Å²) in [5, 5.41) is 6.66. The van der Waals surface area contributed by atoms with Gasteiger partial charge in [-0.05, 0) is 44.2 Å². The van der Waals surface area contributed by atoms with E-state index in [2.05, 4.69) is 15.5 Å². The van der Waals surface area contributed by atoms with E-state index < -0.39 is 10.0 Å². The quantitative estimate of drug-likeness (QED) is 0.637. The Balaban J connectivity index is 1.64. The Morgan fingerprint density at radius 1 is 1.17 bits per heavy atom. The molecule has 8 nitrogen and oxygen atoms in total. The third kappa shape index (κ3) is 5.00. The molecule has 9 heteroatoms. The molecule has 0 bridgehead atoms. The Labute approximate surface area is 169 Å². The van der Waals surface area contributed by atoms with Gasteiger partial charge >= 0.3 is 0 Å². The second-order valence-corrected chi connectivity index (χ2v) is 8.45. The fourth-order valence-electron chi connectivity index (χ4n) is 2.87. The Hall–Kier alpha value is -3.20. The van der Waals surface area contributed by atoms with E-state index >= 15 is 0 Å². The largest absolute Gasteiger partial charge is 0.343 e. The van der Waals surface area contributed by atoms with Crippen molar-refractivity contribution in [1.82, 2.24) is 15.5 Å². The number of hydrogen-bond donors (Lipinski definition) is 1. The van der Waals surface area contributed by atoms with Gasteiger partial charge < -0.3 is 9.84 Å². The van der Waals surface area contributed by atoms with Gasteiger partial charge in [-0.3, -0.25) is 9.10 Å². The van der Waals surface area contributed by atoms with Crippen LogP contribution in [0.25, 0.3) is 11.4 Å². The monoisotopic (exact) mass is 414 g/mol. The fourth-order valence-corrected chi connectivity index (χ4v) is 3.85. The number of rotatable bonds is 7. The molecule has 3 rings (SSSR count). The first-order valence-electron chi connectivity index (χ1n) is 9.03. The van der Waals surface area contributed by atoms with Gasteiger partial charge in [0.15, 0.2) is 0 Å². The molecule has 0 aliphatic carbocycles. The van der Waals surface area contributed by atoms with Crippen molar-refractivity contribution in [1.29, 1.82) is 0 Å². The third-order valence-corrected chi connectivity index (χ3v) is 5.52. The molecule has 0 aliphatic heterocycles. The lowest BCUT2D eigenvalue weighted by molar-refractivity contribution is 0.0946. The summed E-state index contributed by atoms with van der Waals surface area (Å²) in [6.45, 7) is 4.12. The van der Waals surface area contributed by atoms with Crippen LogP contribution < -0.4 is 9.62 Å². The van der Waals surface area contributed by atoms with Crippen molar-refractivity contribution in [3.8, 4) is 11.4 Å². The highest BCUT2D eigenvalue weighted by Crippen LogP contribution is 2.19. The molecule has 0 spiro atoms. The van der Waals surface area contributed by atoms with E-state index in [1.165, 1.54) is 4.31 Å². The highest BCUT2D eigenvalue weighted by Gasteiger charge is 2.16. The van der Waals surface area contributed by atoms with Crippen molar-refractivity contribution >= 4 is 21.6 Å². The van der Waals surface area contributed by atoms with Gasteiger partial charge in [0.1, 0.15) is 0 Å². The van der Waals surface area contributed by atoms with Crippen LogP contribution in [0.4, 0.5) is 5.69 Å². The molecule has 1 heterocycles. The lowest BCUT2D eigenvalue weighted by atomic mass is 10.1. The van der Waals surface area contributed by atoms with E-state index in [1.54, 1.807) is 31.2 Å². The van der Waals surface area contributed by atoms with Gasteiger partial charge in [-0.1, -0.05) is 28.9 Å². The minimum absolute atomic E-state index is 0.0871. The highest BCUT2D eigenvalue weighted by atomic mass is 32.2. The predicted octanol–water partition coefficient (Wildman–Crippen LogP) is 2.76. The number of amides is 1. The summed E-state index contributed by atoms with van der Waals surface area (Å²) in [6, 6.07) is 14.1. The molecule has 0 saturated heterocycles. The predicted molar refractivity (Wildman–Crippen MR) is 110 cm³/mol. The minimum Gasteiger partial charge on any atom is -0.343 e. The van der Waals surface area contributed by atoms with Crippen molar-refractivity contribution in [3.63, 3.8) is 0 Å². The normalized spacial score (nSPS) is 11.3. The number of benzene rings is 2. The molecule has 3 aromatic rings. The van der Waals surface area contributed by atoms with Crippen molar-refractivity contribution in [2.24, 2.45) is 0 Å². The van der Waals surface area contributed by atoms with E-state index in [0.717, 1.165) is 17.4 Å². The Morgan fingerprint density at radius 2 is 1.90 bits per heavy atom. The smallest absolute Gasteiger partial charge is 0.251 e. The molecule has 2 aromatic carbocycles. The van der Waals surface area contributed by atoms with Gasteiger partial charge in [0.2, 0.25) is 21.7 Å². The van der Waals surface area contributed by atoms with Gasteiger partial charge in [-0.25, -0.2) is 8.42 Å². The van der Waals surface area contributed by atoms with Crippen molar-refractivity contribution < 1.29 is 17.7 Å². The second-order valence-electron chi connectivity index (χ2n) is 6.54. The molecule has 0 saturated carbocycles. The number of carbonyl (C=O) groups excluding carboxylic acids is 1. The molecule has 152 valence electrons. The maximum Gasteiger partial charge on any atom is 0.251 e. The number of hydrogen-bond acceptors (Lipinski definition) is 6. The van der Waals surface area contributed by atoms with Gasteiger partial charge in [0, 0.05) is 17.7 Å². The van der Waals surface area contributed by atoms with Crippen LogP contribution in [0, 0.1) is 6.92 Å². The van der Waals surface area contributed by atoms with E-state index in [0.29, 0.717) is 29.5 Å². The average Bonchev–Trinajstić information content (AvgIpc) is 3.15. The average molecular weight is 414 g/mol. The summed E-state index contributed by atoms with van der Waals surface area (Å²) in [6.07, 6.45) is 1.15. The SMILES string of the molecule is CCN(c1ccc(C(=O)NCc2nc(-c3cccc(C)c3)no2)cc1)S(C)(=O)=O. The first-order valence-corrected chi connectivity index (χ1v) is 10.9. The van der Waals surface area contributed by atoms with Gasteiger partial charge in [-0.2, -0.15) is 4.98 Å². The van der Waals surface area contributed by atoms with Crippen molar-refractivity contribution in [3.05, 3.63) is 65.5 Å². The summed E-state index contributed by atoms with van der Waals surface area (Å²) in [4.78, 5) is 16.7. The number of aromatic nitrogens is 2. The molecule has 0 radical (unpaired) electrons. The van der Waals surface area contributed by atoms with Crippen LogP contribution in [0.15, 0.2) is 53.1 Å². The van der Waals surface area contributed by atoms with Crippen LogP contribution in [0.2, 0.25) is 0 Å². The summed E-state index contributed by atoms with van der Waals surface area (Å²) < 4.78 is 30.0. The lowest BCUT2D eigenvalue weighted by Crippen LogP contribution is -2.29. The van der Waals surface area contributed by atoms with E-state index in [4.69, 9.17) is 4.52 Å². The summed E-state index contributed by atoms with van der Waals surface area (Å²) in [5.74, 6) is 0.428. The molecule has 0 unspecified atom stereocenters. The molecular weight excluding hydrogens is 392 g/mol. The molecule has 1 aromatic heterocycles. The zero-order valence-corrected chi connectivity index (χ0v) is 17.2. The molecule has 29 heavy (non-hydrogen) atoms. The number of nitrogens with one attached hydrogen (secondary N) is 1. The number of anilines is 1. The Bertz CT molecular complexity index is 1110. The van der Waals surface area contributed by atoms with Gasteiger partial charge in [0.25, 0.3) is 5.91 Å². The Kier molecular flexibility index (Phi) is 5.97. The highest BCUT2D eigenvalue weighted by molar-refractivity contribution is 7.92. The maximum atomic E-state index is 12.4. The summed E-state index contributed by atoms with van der Waals surface area (Å²) >= 11 is 0. The zero-order chi connectivity index (χ0) is 21.0. The molecular formula is C20H22N4O4S. The van der Waals surface area contributed by atoms with Crippen molar-refractivity contribution in [2.45, 2.75) is 20.4 Å². The standard InChI is InChI=1S/C20H22N4O4S/c1-4-24(29(3,26)27)17-10-8-15(9-11-17)20(25)21-13-18-22-19(23-28-18)16-7-5-6-14(2)12-16/h5-12H,4,13H2,1-3H3,(H,21,25). The number of aryl methyl sites for hydroxylation is 1. The van der Waals surface area contributed by atoms with Crippen molar-refractivity contribution in [2.75, 3.05) is 17.1 Å². The van der Waals surface area contributed by atoms with Crippen LogP contribution in [0.3, 0.4) is 0 Å². The number of nitrogens with zero attached hydrogens (tertiary/aromatic N) is 3. The van der Waals surface area contributed by atoms with Crippen LogP contribution in [0.1, 0.15) is 28.7 Å². The first kappa shape index (κ1) is 20.5. The third-order valence-electron chi connectivity index (χ3n) is 4.25. The van der Waals surface area contributed by atoms with Crippen LogP contribution in [-0.4, -0.2) is 37.3 Å². The van der Waals surface area contributed by atoms with Crippen LogP contribution >= 0.6 is 0 Å². The molecule has 0 fully saturated rings. The maximum absolute atomic E-state index is 12.4. The van der Waals surface area contributed by atoms with Gasteiger partial charge in [0.05, 0.1) is 18.5 Å². The summed E-state index contributed by atoms with van der Waals surface area (Å²) in [7, 11) is -3.37. The molecule has 0 aliphatic rings. The van der Waals surface area contributed by atoms with E-state index in [-0.39, 0.29) is 12.5 Å². The topological polar surface area (TPSA) is 105 Å². The zero-order valence-electron chi connectivity index (χ0n) is 16.4. The lowest BCUT2D eigenvalue weighted by Gasteiger charge is -2.20. The molecule has 1 amide bonds.